The molecule has 0 atom stereocenters. The van der Waals surface area contributed by atoms with Crippen molar-refractivity contribution in [2.75, 3.05) is 6.54 Å². The Morgan fingerprint density at radius 2 is 1.95 bits per heavy atom. The van der Waals surface area contributed by atoms with Crippen molar-refractivity contribution in [1.82, 2.24) is 4.72 Å². The van der Waals surface area contributed by atoms with Gasteiger partial charge in [0.15, 0.2) is 0 Å². The fourth-order valence-corrected chi connectivity index (χ4v) is 2.97. The Balaban J connectivity index is 0.00000361. The first kappa shape index (κ1) is 18.8. The molecule has 0 spiro atoms. The maximum atomic E-state index is 12.1. The van der Waals surface area contributed by atoms with E-state index in [1.54, 1.807) is 13.8 Å². The van der Waals surface area contributed by atoms with Crippen LogP contribution in [0, 0.1) is 17.0 Å². The van der Waals surface area contributed by atoms with Crippen LogP contribution in [-0.2, 0) is 10.0 Å². The Labute approximate surface area is 124 Å². The van der Waals surface area contributed by atoms with Crippen LogP contribution in [0.1, 0.15) is 19.4 Å². The van der Waals surface area contributed by atoms with Crippen molar-refractivity contribution in [2.24, 2.45) is 5.73 Å². The number of aryl methyl sites for hydroxylation is 1. The van der Waals surface area contributed by atoms with Crippen molar-refractivity contribution in [2.45, 2.75) is 31.2 Å². The first-order valence-electron chi connectivity index (χ1n) is 5.58. The molecule has 0 bridgehead atoms. The lowest BCUT2D eigenvalue weighted by atomic mass is 10.1. The monoisotopic (exact) mass is 323 g/mol. The molecule has 1 aromatic rings. The summed E-state index contributed by atoms with van der Waals surface area (Å²) < 4.78 is 26.7. The van der Waals surface area contributed by atoms with Crippen molar-refractivity contribution < 1.29 is 13.3 Å². The normalized spacial score (nSPS) is 11.8. The van der Waals surface area contributed by atoms with Gasteiger partial charge in [-0.25, -0.2) is 13.1 Å². The van der Waals surface area contributed by atoms with Crippen molar-refractivity contribution in [3.05, 3.63) is 33.9 Å². The number of nitro benzene ring substituents is 1. The molecular formula is C11H18ClN3O4S. The largest absolute Gasteiger partial charge is 0.329 e. The third kappa shape index (κ3) is 4.41. The quantitative estimate of drug-likeness (QED) is 0.626. The maximum absolute atomic E-state index is 12.1. The lowest BCUT2D eigenvalue weighted by Gasteiger charge is -2.23. The molecule has 0 radical (unpaired) electrons. The van der Waals surface area contributed by atoms with Crippen LogP contribution in [0.4, 0.5) is 5.69 Å². The topological polar surface area (TPSA) is 115 Å². The Bertz CT molecular complexity index is 602. The number of nitrogens with two attached hydrogens (primary N) is 1. The van der Waals surface area contributed by atoms with Crippen LogP contribution in [0.2, 0.25) is 0 Å². The van der Waals surface area contributed by atoms with E-state index in [4.69, 9.17) is 5.73 Å². The van der Waals surface area contributed by atoms with Gasteiger partial charge < -0.3 is 5.73 Å². The molecule has 0 aliphatic carbocycles. The van der Waals surface area contributed by atoms with E-state index in [0.29, 0.717) is 5.56 Å². The van der Waals surface area contributed by atoms with E-state index in [-0.39, 0.29) is 29.5 Å². The predicted octanol–water partition coefficient (Wildman–Crippen LogP) is 1.34. The van der Waals surface area contributed by atoms with E-state index in [1.165, 1.54) is 25.1 Å². The van der Waals surface area contributed by atoms with Gasteiger partial charge in [-0.2, -0.15) is 0 Å². The summed E-state index contributed by atoms with van der Waals surface area (Å²) in [5.74, 6) is 0. The van der Waals surface area contributed by atoms with E-state index in [2.05, 4.69) is 4.72 Å². The highest BCUT2D eigenvalue weighted by atomic mass is 35.5. The summed E-state index contributed by atoms with van der Waals surface area (Å²) in [6, 6.07) is 3.66. The maximum Gasteiger partial charge on any atom is 0.272 e. The first-order valence-corrected chi connectivity index (χ1v) is 7.06. The minimum absolute atomic E-state index is 0. The molecule has 114 valence electrons. The summed E-state index contributed by atoms with van der Waals surface area (Å²) in [5.41, 5.74) is 4.86. The number of nitrogens with one attached hydrogen (secondary N) is 1. The second-order valence-electron chi connectivity index (χ2n) is 4.90. The zero-order valence-electron chi connectivity index (χ0n) is 11.4. The van der Waals surface area contributed by atoms with Gasteiger partial charge in [0.2, 0.25) is 10.0 Å². The average molecular weight is 324 g/mol. The number of benzene rings is 1. The Morgan fingerprint density at radius 1 is 1.40 bits per heavy atom. The molecular weight excluding hydrogens is 306 g/mol. The second kappa shape index (κ2) is 6.49. The van der Waals surface area contributed by atoms with E-state index in [9.17, 15) is 18.5 Å². The number of nitro groups is 1. The van der Waals surface area contributed by atoms with Crippen molar-refractivity contribution >= 4 is 28.1 Å². The minimum atomic E-state index is -3.75. The van der Waals surface area contributed by atoms with Gasteiger partial charge in [0.25, 0.3) is 5.69 Å². The van der Waals surface area contributed by atoms with Gasteiger partial charge in [0.05, 0.1) is 9.82 Å². The van der Waals surface area contributed by atoms with E-state index in [1.807, 2.05) is 0 Å². The van der Waals surface area contributed by atoms with Gasteiger partial charge in [-0.1, -0.05) is 0 Å². The molecule has 0 unspecified atom stereocenters. The van der Waals surface area contributed by atoms with E-state index < -0.39 is 20.5 Å². The fraction of sp³-hybridized carbons (Fsp3) is 0.455. The number of hydrogen-bond donors (Lipinski definition) is 2. The molecule has 20 heavy (non-hydrogen) atoms. The summed E-state index contributed by atoms with van der Waals surface area (Å²) in [6.07, 6.45) is 0. The molecule has 7 nitrogen and oxygen atoms in total. The van der Waals surface area contributed by atoms with Crippen molar-refractivity contribution in [3.63, 3.8) is 0 Å². The van der Waals surface area contributed by atoms with Crippen LogP contribution < -0.4 is 10.5 Å². The highest BCUT2D eigenvalue weighted by Gasteiger charge is 2.26. The average Bonchev–Trinajstić information content (AvgIpc) is 2.27. The molecule has 0 amide bonds. The third-order valence-corrected chi connectivity index (χ3v) is 4.29. The SMILES string of the molecule is Cc1cc(S(=O)(=O)NC(C)(C)CN)ccc1[N+](=O)[O-].Cl. The van der Waals surface area contributed by atoms with Crippen LogP contribution in [-0.4, -0.2) is 25.4 Å². The number of nitrogens with zero attached hydrogens (tertiary/aromatic N) is 1. The Morgan fingerprint density at radius 3 is 2.35 bits per heavy atom. The molecule has 0 saturated heterocycles. The highest BCUT2D eigenvalue weighted by Crippen LogP contribution is 2.22. The molecule has 3 N–H and O–H groups in total. The smallest absolute Gasteiger partial charge is 0.272 e. The van der Waals surface area contributed by atoms with Crippen LogP contribution >= 0.6 is 12.4 Å². The molecule has 0 heterocycles. The second-order valence-corrected chi connectivity index (χ2v) is 6.58. The Hall–Kier alpha value is -1.22. The number of halogens is 1. The summed E-state index contributed by atoms with van der Waals surface area (Å²) in [5, 5.41) is 10.7. The Kier molecular flexibility index (Phi) is 6.09. The van der Waals surface area contributed by atoms with Gasteiger partial charge in [0, 0.05) is 23.7 Å². The van der Waals surface area contributed by atoms with Crippen LogP contribution in [0.25, 0.3) is 0 Å². The van der Waals surface area contributed by atoms with Crippen LogP contribution in [0.15, 0.2) is 23.1 Å². The van der Waals surface area contributed by atoms with Gasteiger partial charge >= 0.3 is 0 Å². The molecule has 9 heteroatoms. The fourth-order valence-electron chi connectivity index (χ4n) is 1.46. The molecule has 0 fully saturated rings. The highest BCUT2D eigenvalue weighted by molar-refractivity contribution is 7.89. The molecule has 0 aliphatic rings. The molecule has 0 aromatic heterocycles. The summed E-state index contributed by atoms with van der Waals surface area (Å²) >= 11 is 0. The van der Waals surface area contributed by atoms with Gasteiger partial charge in [-0.05, 0) is 32.9 Å². The zero-order chi connectivity index (χ0) is 14.8. The lowest BCUT2D eigenvalue weighted by Crippen LogP contribution is -2.48. The summed E-state index contributed by atoms with van der Waals surface area (Å²) in [7, 11) is -3.75. The molecule has 0 aliphatic heterocycles. The van der Waals surface area contributed by atoms with Gasteiger partial charge in [-0.15, -0.1) is 12.4 Å². The number of hydrogen-bond acceptors (Lipinski definition) is 5. The molecule has 0 saturated carbocycles. The van der Waals surface area contributed by atoms with Gasteiger partial charge in [0.1, 0.15) is 0 Å². The predicted molar refractivity (Wildman–Crippen MR) is 78.5 cm³/mol. The van der Waals surface area contributed by atoms with Gasteiger partial charge in [-0.3, -0.25) is 10.1 Å². The van der Waals surface area contributed by atoms with Crippen molar-refractivity contribution in [1.29, 1.82) is 0 Å². The number of sulfonamides is 1. The molecule has 1 aromatic carbocycles. The first-order chi connectivity index (χ1) is 8.59. The summed E-state index contributed by atoms with van der Waals surface area (Å²) in [4.78, 5) is 10.1. The van der Waals surface area contributed by atoms with E-state index >= 15 is 0 Å². The molecule has 1 rings (SSSR count). The number of rotatable bonds is 5. The third-order valence-electron chi connectivity index (χ3n) is 2.60. The van der Waals surface area contributed by atoms with Crippen LogP contribution in [0.5, 0.6) is 0 Å². The minimum Gasteiger partial charge on any atom is -0.329 e. The summed E-state index contributed by atoms with van der Waals surface area (Å²) in [6.45, 7) is 4.94. The van der Waals surface area contributed by atoms with Crippen molar-refractivity contribution in [3.8, 4) is 0 Å². The van der Waals surface area contributed by atoms with Crippen LogP contribution in [0.3, 0.4) is 0 Å². The lowest BCUT2D eigenvalue weighted by molar-refractivity contribution is -0.385. The van der Waals surface area contributed by atoms with E-state index in [0.717, 1.165) is 0 Å². The zero-order valence-corrected chi connectivity index (χ0v) is 13.0. The standard InChI is InChI=1S/C11H17N3O4S.ClH/c1-8-6-9(4-5-10(8)14(15)16)19(17,18)13-11(2,3)7-12;/h4-6,13H,7,12H2,1-3H3;1H.